The Kier molecular flexibility index (Phi) is 2.81. The minimum Gasteiger partial charge on any atom is -0.381 e. The maximum absolute atomic E-state index is 12.8. The average Bonchev–Trinajstić information content (AvgIpc) is 2.98. The zero-order valence-corrected chi connectivity index (χ0v) is 11.7. The van der Waals surface area contributed by atoms with Crippen LogP contribution < -0.4 is 15.5 Å². The van der Waals surface area contributed by atoms with Gasteiger partial charge in [-0.25, -0.2) is 0 Å². The molecule has 21 heavy (non-hydrogen) atoms. The Hall–Kier alpha value is -2.49. The minimum absolute atomic E-state index is 0.141. The maximum Gasteiger partial charge on any atom is 0.251 e. The molecule has 0 aliphatic carbocycles. The molecule has 1 unspecified atom stereocenters. The van der Waals surface area contributed by atoms with Crippen molar-refractivity contribution in [3.63, 3.8) is 0 Å². The van der Waals surface area contributed by atoms with Crippen molar-refractivity contribution in [3.05, 3.63) is 54.1 Å². The summed E-state index contributed by atoms with van der Waals surface area (Å²) in [4.78, 5) is 14.7. The van der Waals surface area contributed by atoms with Gasteiger partial charge >= 0.3 is 0 Å². The van der Waals surface area contributed by atoms with Crippen LogP contribution in [-0.4, -0.2) is 25.0 Å². The third-order valence-electron chi connectivity index (χ3n) is 4.20. The molecule has 2 aromatic carbocycles. The van der Waals surface area contributed by atoms with Gasteiger partial charge in [0.1, 0.15) is 6.04 Å². The topological polar surface area (TPSA) is 44.4 Å². The van der Waals surface area contributed by atoms with E-state index in [9.17, 15) is 4.79 Å². The average molecular weight is 279 g/mol. The van der Waals surface area contributed by atoms with Crippen LogP contribution in [0.1, 0.15) is 5.56 Å². The minimum atomic E-state index is -0.217. The van der Waals surface area contributed by atoms with Gasteiger partial charge in [-0.15, -0.1) is 0 Å². The second-order valence-corrected chi connectivity index (χ2v) is 5.49. The summed E-state index contributed by atoms with van der Waals surface area (Å²) in [6, 6.07) is 15.9. The van der Waals surface area contributed by atoms with Crippen molar-refractivity contribution < 1.29 is 4.79 Å². The van der Waals surface area contributed by atoms with Gasteiger partial charge in [-0.2, -0.15) is 0 Å². The molecule has 2 aromatic rings. The van der Waals surface area contributed by atoms with Crippen LogP contribution in [0, 0.1) is 0 Å². The molecule has 2 aliphatic heterocycles. The quantitative estimate of drug-likeness (QED) is 0.843. The van der Waals surface area contributed by atoms with Gasteiger partial charge in [0, 0.05) is 18.8 Å². The van der Waals surface area contributed by atoms with Gasteiger partial charge < -0.3 is 15.5 Å². The molecule has 0 spiro atoms. The Morgan fingerprint density at radius 2 is 1.81 bits per heavy atom. The van der Waals surface area contributed by atoms with E-state index in [4.69, 9.17) is 0 Å². The largest absolute Gasteiger partial charge is 0.381 e. The highest BCUT2D eigenvalue weighted by molar-refractivity contribution is 6.01. The van der Waals surface area contributed by atoms with Crippen molar-refractivity contribution in [2.75, 3.05) is 28.6 Å². The number of benzene rings is 2. The van der Waals surface area contributed by atoms with E-state index in [1.54, 1.807) is 0 Å². The number of hydrogen-bond donors (Lipinski definition) is 2. The standard InChI is InChI=1S/C17H17N3O/c21-17(20-10-9-12-5-1-4-8-16(12)20)15-11-18-13-6-2-3-7-14(13)19-15/h1-8,15,18-19H,9-11H2. The van der Waals surface area contributed by atoms with Crippen LogP contribution in [-0.2, 0) is 11.2 Å². The lowest BCUT2D eigenvalue weighted by atomic mass is 10.1. The van der Waals surface area contributed by atoms with Gasteiger partial charge in [0.25, 0.3) is 5.91 Å². The van der Waals surface area contributed by atoms with Crippen molar-refractivity contribution in [1.82, 2.24) is 0 Å². The second kappa shape index (κ2) is 4.81. The summed E-state index contributed by atoms with van der Waals surface area (Å²) in [5.41, 5.74) is 4.37. The van der Waals surface area contributed by atoms with Crippen LogP contribution in [0.2, 0.25) is 0 Å². The molecule has 2 aliphatic rings. The van der Waals surface area contributed by atoms with E-state index in [-0.39, 0.29) is 11.9 Å². The van der Waals surface area contributed by atoms with Crippen molar-refractivity contribution in [2.45, 2.75) is 12.5 Å². The fraction of sp³-hybridized carbons (Fsp3) is 0.235. The first-order valence-electron chi connectivity index (χ1n) is 7.31. The molecular weight excluding hydrogens is 262 g/mol. The molecule has 0 aromatic heterocycles. The molecule has 0 bridgehead atoms. The smallest absolute Gasteiger partial charge is 0.251 e. The van der Waals surface area contributed by atoms with E-state index in [0.717, 1.165) is 30.0 Å². The van der Waals surface area contributed by atoms with E-state index in [0.29, 0.717) is 6.54 Å². The summed E-state index contributed by atoms with van der Waals surface area (Å²) in [6.07, 6.45) is 0.943. The van der Waals surface area contributed by atoms with Crippen molar-refractivity contribution in [3.8, 4) is 0 Å². The van der Waals surface area contributed by atoms with E-state index < -0.39 is 0 Å². The highest BCUT2D eigenvalue weighted by Crippen LogP contribution is 2.30. The Morgan fingerprint density at radius 1 is 1.05 bits per heavy atom. The SMILES string of the molecule is O=C(C1CNc2ccccc2N1)N1CCc2ccccc21. The number of hydrogen-bond acceptors (Lipinski definition) is 3. The summed E-state index contributed by atoms with van der Waals surface area (Å²) < 4.78 is 0. The van der Waals surface area contributed by atoms with Crippen LogP contribution in [0.3, 0.4) is 0 Å². The molecular formula is C17H17N3O. The monoisotopic (exact) mass is 279 g/mol. The summed E-state index contributed by atoms with van der Waals surface area (Å²) in [5, 5.41) is 6.68. The van der Waals surface area contributed by atoms with Crippen molar-refractivity contribution in [1.29, 1.82) is 0 Å². The first-order valence-corrected chi connectivity index (χ1v) is 7.31. The van der Waals surface area contributed by atoms with E-state index in [1.807, 2.05) is 47.4 Å². The predicted octanol–water partition coefficient (Wildman–Crippen LogP) is 2.48. The highest BCUT2D eigenvalue weighted by atomic mass is 16.2. The Balaban J connectivity index is 1.57. The third-order valence-corrected chi connectivity index (χ3v) is 4.20. The lowest BCUT2D eigenvalue weighted by molar-refractivity contribution is -0.119. The van der Waals surface area contributed by atoms with Crippen LogP contribution in [0.4, 0.5) is 17.1 Å². The number of carbonyl (C=O) groups is 1. The molecule has 1 amide bonds. The van der Waals surface area contributed by atoms with Gasteiger partial charge in [0.15, 0.2) is 0 Å². The predicted molar refractivity (Wildman–Crippen MR) is 84.8 cm³/mol. The molecule has 4 rings (SSSR count). The lowest BCUT2D eigenvalue weighted by Crippen LogP contribution is -2.47. The van der Waals surface area contributed by atoms with Gasteiger partial charge in [-0.05, 0) is 30.2 Å². The van der Waals surface area contributed by atoms with Crippen LogP contribution >= 0.6 is 0 Å². The van der Waals surface area contributed by atoms with Crippen molar-refractivity contribution in [2.24, 2.45) is 0 Å². The number of anilines is 3. The molecule has 4 nitrogen and oxygen atoms in total. The Labute approximate surface area is 123 Å². The van der Waals surface area contributed by atoms with Gasteiger partial charge in [0.05, 0.1) is 11.4 Å². The molecule has 0 fully saturated rings. The number of nitrogens with one attached hydrogen (secondary N) is 2. The second-order valence-electron chi connectivity index (χ2n) is 5.49. The molecule has 2 heterocycles. The van der Waals surface area contributed by atoms with Gasteiger partial charge in [-0.3, -0.25) is 4.79 Å². The number of rotatable bonds is 1. The Morgan fingerprint density at radius 3 is 2.71 bits per heavy atom. The van der Waals surface area contributed by atoms with Crippen LogP contribution in [0.5, 0.6) is 0 Å². The summed E-state index contributed by atoms with van der Waals surface area (Å²) >= 11 is 0. The fourth-order valence-corrected chi connectivity index (χ4v) is 3.12. The molecule has 1 atom stereocenters. The van der Waals surface area contributed by atoms with Crippen molar-refractivity contribution >= 4 is 23.0 Å². The van der Waals surface area contributed by atoms with E-state index in [1.165, 1.54) is 5.56 Å². The molecule has 0 saturated carbocycles. The number of para-hydroxylation sites is 3. The molecule has 0 radical (unpaired) electrons. The maximum atomic E-state index is 12.8. The number of amides is 1. The zero-order chi connectivity index (χ0) is 14.2. The third kappa shape index (κ3) is 2.03. The summed E-state index contributed by atoms with van der Waals surface area (Å²) in [7, 11) is 0. The first-order chi connectivity index (χ1) is 10.3. The molecule has 4 heteroatoms. The molecule has 106 valence electrons. The van der Waals surface area contributed by atoms with Gasteiger partial charge in [0.2, 0.25) is 0 Å². The zero-order valence-electron chi connectivity index (χ0n) is 11.7. The number of fused-ring (bicyclic) bond motifs is 2. The van der Waals surface area contributed by atoms with Crippen LogP contribution in [0.15, 0.2) is 48.5 Å². The molecule has 2 N–H and O–H groups in total. The normalized spacial score (nSPS) is 19.2. The van der Waals surface area contributed by atoms with Gasteiger partial charge in [-0.1, -0.05) is 30.3 Å². The summed E-state index contributed by atoms with van der Waals surface area (Å²) in [6.45, 7) is 1.40. The Bertz CT molecular complexity index is 698. The van der Waals surface area contributed by atoms with E-state index >= 15 is 0 Å². The van der Waals surface area contributed by atoms with E-state index in [2.05, 4.69) is 16.7 Å². The lowest BCUT2D eigenvalue weighted by Gasteiger charge is -2.30. The number of carbonyl (C=O) groups excluding carboxylic acids is 1. The first kappa shape index (κ1) is 12.3. The summed E-state index contributed by atoms with van der Waals surface area (Å²) in [5.74, 6) is 0.141. The van der Waals surface area contributed by atoms with Crippen LogP contribution in [0.25, 0.3) is 0 Å². The fourth-order valence-electron chi connectivity index (χ4n) is 3.12. The highest BCUT2D eigenvalue weighted by Gasteiger charge is 2.31. The molecule has 0 saturated heterocycles. The number of nitrogens with zero attached hydrogens (tertiary/aromatic N) is 1.